The molecular weight excluding hydrogens is 371 g/mol. The largest absolute Gasteiger partial charge is 0.377 e. The van der Waals surface area contributed by atoms with Crippen LogP contribution in [0.3, 0.4) is 0 Å². The van der Waals surface area contributed by atoms with Crippen LogP contribution in [-0.2, 0) is 0 Å². The quantitative estimate of drug-likeness (QED) is 0.624. The zero-order valence-electron chi connectivity index (χ0n) is 10.4. The molecule has 0 heterocycles. The Morgan fingerprint density at radius 2 is 1.80 bits per heavy atom. The van der Waals surface area contributed by atoms with E-state index in [0.717, 1.165) is 6.07 Å². The number of hydrogen-bond acceptors (Lipinski definition) is 1. The molecule has 1 unspecified atom stereocenters. The molecule has 0 aliphatic heterocycles. The molecule has 1 nitrogen and oxygen atoms in total. The van der Waals surface area contributed by atoms with Gasteiger partial charge < -0.3 is 5.32 Å². The molecule has 106 valence electrons. The van der Waals surface area contributed by atoms with Crippen LogP contribution >= 0.6 is 39.1 Å². The Balaban J connectivity index is 2.28. The monoisotopic (exact) mass is 379 g/mol. The van der Waals surface area contributed by atoms with E-state index in [9.17, 15) is 8.78 Å². The van der Waals surface area contributed by atoms with Gasteiger partial charge in [0.25, 0.3) is 0 Å². The van der Waals surface area contributed by atoms with Crippen molar-refractivity contribution in [1.29, 1.82) is 0 Å². The lowest BCUT2D eigenvalue weighted by atomic mass is 10.1. The Bertz CT molecular complexity index is 649. The van der Waals surface area contributed by atoms with Crippen LogP contribution in [0.4, 0.5) is 14.5 Å². The van der Waals surface area contributed by atoms with Crippen LogP contribution in [-0.4, -0.2) is 0 Å². The van der Waals surface area contributed by atoms with Crippen LogP contribution in [0.15, 0.2) is 34.8 Å². The molecule has 0 aliphatic carbocycles. The summed E-state index contributed by atoms with van der Waals surface area (Å²) >= 11 is 15.4. The fourth-order valence-electron chi connectivity index (χ4n) is 1.80. The van der Waals surface area contributed by atoms with Crippen LogP contribution in [0.2, 0.25) is 10.0 Å². The Morgan fingerprint density at radius 1 is 1.10 bits per heavy atom. The van der Waals surface area contributed by atoms with Gasteiger partial charge in [0.2, 0.25) is 0 Å². The molecule has 2 aromatic carbocycles. The number of anilines is 1. The first-order chi connectivity index (χ1) is 9.40. The van der Waals surface area contributed by atoms with Crippen molar-refractivity contribution in [3.05, 3.63) is 62.0 Å². The van der Waals surface area contributed by atoms with Crippen LogP contribution in [0, 0.1) is 11.6 Å². The van der Waals surface area contributed by atoms with E-state index in [1.54, 1.807) is 19.1 Å². The van der Waals surface area contributed by atoms with E-state index in [4.69, 9.17) is 23.2 Å². The highest BCUT2D eigenvalue weighted by molar-refractivity contribution is 9.10. The predicted octanol–water partition coefficient (Wildman–Crippen LogP) is 6.21. The fraction of sp³-hybridized carbons (Fsp3) is 0.143. The molecular formula is C14H10BrCl2F2N. The lowest BCUT2D eigenvalue weighted by molar-refractivity contribution is 0.566. The van der Waals surface area contributed by atoms with Crippen molar-refractivity contribution in [2.24, 2.45) is 0 Å². The molecule has 2 aromatic rings. The maximum Gasteiger partial charge on any atom is 0.131 e. The van der Waals surface area contributed by atoms with Gasteiger partial charge in [-0.3, -0.25) is 0 Å². The topological polar surface area (TPSA) is 12.0 Å². The lowest BCUT2D eigenvalue weighted by Gasteiger charge is -2.18. The van der Waals surface area contributed by atoms with Gasteiger partial charge in [-0.1, -0.05) is 29.3 Å². The third kappa shape index (κ3) is 3.25. The number of nitrogens with one attached hydrogen (secondary N) is 1. The van der Waals surface area contributed by atoms with Crippen molar-refractivity contribution >= 4 is 44.8 Å². The summed E-state index contributed by atoms with van der Waals surface area (Å²) in [5.41, 5.74) is 0.928. The zero-order valence-corrected chi connectivity index (χ0v) is 13.5. The first kappa shape index (κ1) is 15.5. The molecule has 0 aliphatic rings. The number of benzene rings is 2. The van der Waals surface area contributed by atoms with Gasteiger partial charge in [0.1, 0.15) is 11.6 Å². The second kappa shape index (κ2) is 6.29. The normalized spacial score (nSPS) is 12.3. The first-order valence-electron chi connectivity index (χ1n) is 5.75. The molecule has 1 N–H and O–H groups in total. The fourth-order valence-corrected chi connectivity index (χ4v) is 2.63. The van der Waals surface area contributed by atoms with E-state index in [1.807, 2.05) is 0 Å². The third-order valence-electron chi connectivity index (χ3n) is 2.84. The van der Waals surface area contributed by atoms with Gasteiger partial charge in [0, 0.05) is 16.1 Å². The second-order valence-electron chi connectivity index (χ2n) is 4.25. The van der Waals surface area contributed by atoms with E-state index in [0.29, 0.717) is 25.8 Å². The Morgan fingerprint density at radius 3 is 2.45 bits per heavy atom. The van der Waals surface area contributed by atoms with E-state index >= 15 is 0 Å². The summed E-state index contributed by atoms with van der Waals surface area (Å²) in [4.78, 5) is 0. The average molecular weight is 381 g/mol. The summed E-state index contributed by atoms with van der Waals surface area (Å²) in [6, 6.07) is 6.55. The van der Waals surface area contributed by atoms with Crippen molar-refractivity contribution < 1.29 is 8.78 Å². The van der Waals surface area contributed by atoms with Crippen molar-refractivity contribution in [3.63, 3.8) is 0 Å². The van der Waals surface area contributed by atoms with Gasteiger partial charge in [-0.15, -0.1) is 0 Å². The average Bonchev–Trinajstić information content (AvgIpc) is 2.39. The van der Waals surface area contributed by atoms with Crippen LogP contribution in [0.1, 0.15) is 18.5 Å². The number of rotatable bonds is 3. The van der Waals surface area contributed by atoms with Gasteiger partial charge in [0.05, 0.1) is 21.8 Å². The Kier molecular flexibility index (Phi) is 4.89. The molecule has 0 radical (unpaired) electrons. The standard InChI is InChI=1S/C14H10BrCl2F2N/c1-7(9-3-2-8(18)6-11(9)19)20-12-5-4-10(15)13(16)14(12)17/h2-7,20H,1H3. The molecule has 2 rings (SSSR count). The molecule has 20 heavy (non-hydrogen) atoms. The van der Waals surface area contributed by atoms with Crippen molar-refractivity contribution in [2.45, 2.75) is 13.0 Å². The maximum absolute atomic E-state index is 13.7. The van der Waals surface area contributed by atoms with E-state index in [1.165, 1.54) is 12.1 Å². The third-order valence-corrected chi connectivity index (χ3v) is 4.61. The summed E-state index contributed by atoms with van der Waals surface area (Å²) in [6.07, 6.45) is 0. The molecule has 0 fully saturated rings. The minimum Gasteiger partial charge on any atom is -0.377 e. The molecule has 0 bridgehead atoms. The zero-order chi connectivity index (χ0) is 14.9. The molecule has 0 saturated carbocycles. The minimum absolute atomic E-state index is 0.343. The van der Waals surface area contributed by atoms with Gasteiger partial charge in [-0.2, -0.15) is 0 Å². The summed E-state index contributed by atoms with van der Waals surface area (Å²) in [7, 11) is 0. The SMILES string of the molecule is CC(Nc1ccc(Br)c(Cl)c1Cl)c1ccc(F)cc1F. The predicted molar refractivity (Wildman–Crippen MR) is 82.6 cm³/mol. The van der Waals surface area contributed by atoms with Crippen molar-refractivity contribution in [2.75, 3.05) is 5.32 Å². The molecule has 0 amide bonds. The minimum atomic E-state index is -0.608. The van der Waals surface area contributed by atoms with E-state index < -0.39 is 11.6 Å². The highest BCUT2D eigenvalue weighted by Crippen LogP contribution is 2.37. The second-order valence-corrected chi connectivity index (χ2v) is 5.87. The van der Waals surface area contributed by atoms with E-state index in [2.05, 4.69) is 21.2 Å². The molecule has 6 heteroatoms. The molecule has 0 saturated heterocycles. The van der Waals surface area contributed by atoms with Crippen LogP contribution in [0.5, 0.6) is 0 Å². The van der Waals surface area contributed by atoms with Gasteiger partial charge in [-0.05, 0) is 41.1 Å². The summed E-state index contributed by atoms with van der Waals surface area (Å²) < 4.78 is 27.3. The highest BCUT2D eigenvalue weighted by Gasteiger charge is 2.15. The van der Waals surface area contributed by atoms with E-state index in [-0.39, 0.29) is 6.04 Å². The first-order valence-corrected chi connectivity index (χ1v) is 7.30. The molecule has 0 spiro atoms. The smallest absolute Gasteiger partial charge is 0.131 e. The highest BCUT2D eigenvalue weighted by atomic mass is 79.9. The number of hydrogen-bond donors (Lipinski definition) is 1. The number of halogens is 5. The Labute approximate surface area is 134 Å². The summed E-state index contributed by atoms with van der Waals surface area (Å²) in [5, 5.41) is 3.78. The Hall–Kier alpha value is -0.840. The lowest BCUT2D eigenvalue weighted by Crippen LogP contribution is -2.09. The summed E-state index contributed by atoms with van der Waals surface area (Å²) in [6.45, 7) is 1.75. The van der Waals surface area contributed by atoms with Gasteiger partial charge in [0.15, 0.2) is 0 Å². The van der Waals surface area contributed by atoms with Gasteiger partial charge in [-0.25, -0.2) is 8.78 Å². The van der Waals surface area contributed by atoms with Gasteiger partial charge >= 0.3 is 0 Å². The maximum atomic E-state index is 13.7. The van der Waals surface area contributed by atoms with Crippen molar-refractivity contribution in [1.82, 2.24) is 0 Å². The van der Waals surface area contributed by atoms with Crippen LogP contribution < -0.4 is 5.32 Å². The molecule has 0 aromatic heterocycles. The molecule has 1 atom stereocenters. The van der Waals surface area contributed by atoms with Crippen molar-refractivity contribution in [3.8, 4) is 0 Å². The summed E-state index contributed by atoms with van der Waals surface area (Å²) in [5.74, 6) is -1.22. The van der Waals surface area contributed by atoms with Crippen LogP contribution in [0.25, 0.3) is 0 Å².